The third kappa shape index (κ3) is 2.19. The molecule has 2 aromatic carbocycles. The number of fused-ring (bicyclic) bond motifs is 3. The van der Waals surface area contributed by atoms with Crippen LogP contribution in [0.2, 0.25) is 0 Å². The number of halogens is 1. The molecule has 0 atom stereocenters. The zero-order valence-electron chi connectivity index (χ0n) is 10.6. The van der Waals surface area contributed by atoms with Gasteiger partial charge in [-0.15, -0.1) is 0 Å². The second-order valence-corrected chi connectivity index (χ2v) is 5.49. The molecule has 0 saturated heterocycles. The topological polar surface area (TPSA) is 26.3 Å². The standard InChI is InChI=1S/C16H13BrO2/c1-2-19-16(18)10-3-5-14-11(7-10)8-12-9-13(17)4-6-15(12)14/h3-7,9H,2,8H2,1H3. The van der Waals surface area contributed by atoms with Crippen LogP contribution in [0.5, 0.6) is 0 Å². The summed E-state index contributed by atoms with van der Waals surface area (Å²) in [6, 6.07) is 12.1. The molecule has 0 amide bonds. The number of carbonyl (C=O) groups excluding carboxylic acids is 1. The van der Waals surface area contributed by atoms with Crippen molar-refractivity contribution in [2.45, 2.75) is 13.3 Å². The Morgan fingerprint density at radius 2 is 1.84 bits per heavy atom. The summed E-state index contributed by atoms with van der Waals surface area (Å²) in [7, 11) is 0. The normalized spacial score (nSPS) is 11.9. The fourth-order valence-electron chi connectivity index (χ4n) is 2.52. The quantitative estimate of drug-likeness (QED) is 0.662. The molecule has 0 heterocycles. The largest absolute Gasteiger partial charge is 0.462 e. The van der Waals surface area contributed by atoms with Crippen molar-refractivity contribution in [3.05, 3.63) is 57.6 Å². The van der Waals surface area contributed by atoms with Crippen molar-refractivity contribution in [3.8, 4) is 11.1 Å². The summed E-state index contributed by atoms with van der Waals surface area (Å²) in [6.07, 6.45) is 0.872. The molecule has 1 aliphatic carbocycles. The monoisotopic (exact) mass is 316 g/mol. The third-order valence-electron chi connectivity index (χ3n) is 3.35. The van der Waals surface area contributed by atoms with E-state index < -0.39 is 0 Å². The van der Waals surface area contributed by atoms with Crippen LogP contribution in [-0.4, -0.2) is 12.6 Å². The molecule has 0 bridgehead atoms. The number of ether oxygens (including phenoxy) is 1. The van der Waals surface area contributed by atoms with Crippen LogP contribution in [0.1, 0.15) is 28.4 Å². The van der Waals surface area contributed by atoms with Crippen LogP contribution in [0.4, 0.5) is 0 Å². The highest BCUT2D eigenvalue weighted by molar-refractivity contribution is 9.10. The van der Waals surface area contributed by atoms with Gasteiger partial charge in [0.05, 0.1) is 12.2 Å². The molecule has 0 spiro atoms. The molecule has 0 radical (unpaired) electrons. The number of hydrogen-bond donors (Lipinski definition) is 0. The second kappa shape index (κ2) is 4.82. The smallest absolute Gasteiger partial charge is 0.338 e. The van der Waals surface area contributed by atoms with Gasteiger partial charge in [-0.25, -0.2) is 4.79 Å². The summed E-state index contributed by atoms with van der Waals surface area (Å²) >= 11 is 3.49. The summed E-state index contributed by atoms with van der Waals surface area (Å²) in [5.41, 5.74) is 5.60. The van der Waals surface area contributed by atoms with Gasteiger partial charge >= 0.3 is 5.97 Å². The third-order valence-corrected chi connectivity index (χ3v) is 3.85. The lowest BCUT2D eigenvalue weighted by molar-refractivity contribution is 0.0526. The van der Waals surface area contributed by atoms with Crippen molar-refractivity contribution in [2.24, 2.45) is 0 Å². The van der Waals surface area contributed by atoms with E-state index in [9.17, 15) is 4.79 Å². The molecule has 3 rings (SSSR count). The SMILES string of the molecule is CCOC(=O)c1ccc2c(c1)Cc1cc(Br)ccc1-2. The van der Waals surface area contributed by atoms with Crippen molar-refractivity contribution in [1.82, 2.24) is 0 Å². The van der Waals surface area contributed by atoms with Crippen molar-refractivity contribution in [1.29, 1.82) is 0 Å². The summed E-state index contributed by atoms with van der Waals surface area (Å²) in [5.74, 6) is -0.248. The van der Waals surface area contributed by atoms with Crippen LogP contribution in [0, 0.1) is 0 Å². The highest BCUT2D eigenvalue weighted by Gasteiger charge is 2.20. The van der Waals surface area contributed by atoms with Gasteiger partial charge in [-0.2, -0.15) is 0 Å². The predicted molar refractivity (Wildman–Crippen MR) is 78.3 cm³/mol. The molecule has 0 aromatic heterocycles. The van der Waals surface area contributed by atoms with Crippen LogP contribution in [-0.2, 0) is 11.2 Å². The maximum absolute atomic E-state index is 11.7. The minimum absolute atomic E-state index is 0.248. The lowest BCUT2D eigenvalue weighted by atomic mass is 10.0. The summed E-state index contributed by atoms with van der Waals surface area (Å²) in [4.78, 5) is 11.7. The highest BCUT2D eigenvalue weighted by Crippen LogP contribution is 2.38. The van der Waals surface area contributed by atoms with Crippen molar-refractivity contribution in [3.63, 3.8) is 0 Å². The van der Waals surface area contributed by atoms with Gasteiger partial charge in [-0.1, -0.05) is 28.1 Å². The highest BCUT2D eigenvalue weighted by atomic mass is 79.9. The van der Waals surface area contributed by atoms with Gasteiger partial charge in [0.15, 0.2) is 0 Å². The predicted octanol–water partition coefficient (Wildman–Crippen LogP) is 4.20. The van der Waals surface area contributed by atoms with Crippen LogP contribution in [0.3, 0.4) is 0 Å². The summed E-state index contributed by atoms with van der Waals surface area (Å²) < 4.78 is 6.13. The Bertz CT molecular complexity index is 662. The molecule has 0 unspecified atom stereocenters. The summed E-state index contributed by atoms with van der Waals surface area (Å²) in [5, 5.41) is 0. The first-order valence-corrected chi connectivity index (χ1v) is 7.07. The van der Waals surface area contributed by atoms with E-state index in [-0.39, 0.29) is 5.97 Å². The van der Waals surface area contributed by atoms with Gasteiger partial charge in [-0.3, -0.25) is 0 Å². The summed E-state index contributed by atoms with van der Waals surface area (Å²) in [6.45, 7) is 2.22. The lowest BCUT2D eigenvalue weighted by Crippen LogP contribution is -2.04. The van der Waals surface area contributed by atoms with E-state index >= 15 is 0 Å². The van der Waals surface area contributed by atoms with E-state index in [0.29, 0.717) is 12.2 Å². The fourth-order valence-corrected chi connectivity index (χ4v) is 2.93. The van der Waals surface area contributed by atoms with E-state index in [2.05, 4.69) is 28.1 Å². The van der Waals surface area contributed by atoms with Crippen LogP contribution in [0.25, 0.3) is 11.1 Å². The molecule has 2 nitrogen and oxygen atoms in total. The minimum atomic E-state index is -0.248. The van der Waals surface area contributed by atoms with E-state index in [1.165, 1.54) is 22.3 Å². The van der Waals surface area contributed by atoms with Crippen molar-refractivity contribution < 1.29 is 9.53 Å². The maximum atomic E-state index is 11.7. The van der Waals surface area contributed by atoms with Gasteiger partial charge in [0.25, 0.3) is 0 Å². The average Bonchev–Trinajstić information content (AvgIpc) is 2.75. The van der Waals surface area contributed by atoms with E-state index in [1.807, 2.05) is 31.2 Å². The molecule has 3 heteroatoms. The molecule has 96 valence electrons. The Hall–Kier alpha value is -1.61. The zero-order valence-corrected chi connectivity index (χ0v) is 12.2. The van der Waals surface area contributed by atoms with Crippen molar-refractivity contribution in [2.75, 3.05) is 6.61 Å². The van der Waals surface area contributed by atoms with Crippen molar-refractivity contribution >= 4 is 21.9 Å². The average molecular weight is 317 g/mol. The number of benzene rings is 2. The van der Waals surface area contributed by atoms with Gasteiger partial charge in [0.1, 0.15) is 0 Å². The Labute approximate surface area is 120 Å². The Morgan fingerprint density at radius 3 is 2.58 bits per heavy atom. The van der Waals surface area contributed by atoms with Crippen LogP contribution in [0.15, 0.2) is 40.9 Å². The minimum Gasteiger partial charge on any atom is -0.462 e. The number of esters is 1. The number of carbonyl (C=O) groups is 1. The van der Waals surface area contributed by atoms with Crippen LogP contribution >= 0.6 is 15.9 Å². The molecule has 19 heavy (non-hydrogen) atoms. The first-order chi connectivity index (χ1) is 9.19. The van der Waals surface area contributed by atoms with E-state index in [0.717, 1.165) is 10.9 Å². The van der Waals surface area contributed by atoms with Gasteiger partial charge < -0.3 is 4.74 Å². The van der Waals surface area contributed by atoms with Crippen LogP contribution < -0.4 is 0 Å². The van der Waals surface area contributed by atoms with Gasteiger partial charge in [0.2, 0.25) is 0 Å². The number of rotatable bonds is 2. The molecular formula is C16H13BrO2. The Morgan fingerprint density at radius 1 is 1.16 bits per heavy atom. The Balaban J connectivity index is 2.01. The molecule has 0 N–H and O–H groups in total. The molecule has 0 aliphatic heterocycles. The number of hydrogen-bond acceptors (Lipinski definition) is 2. The molecule has 2 aromatic rings. The molecule has 0 fully saturated rings. The second-order valence-electron chi connectivity index (χ2n) is 4.57. The maximum Gasteiger partial charge on any atom is 0.338 e. The molecular weight excluding hydrogens is 304 g/mol. The molecule has 0 saturated carbocycles. The van der Waals surface area contributed by atoms with Gasteiger partial charge in [0, 0.05) is 4.47 Å². The lowest BCUT2D eigenvalue weighted by Gasteiger charge is -2.05. The first-order valence-electron chi connectivity index (χ1n) is 6.28. The fraction of sp³-hybridized carbons (Fsp3) is 0.188. The first kappa shape index (κ1) is 12.4. The molecule has 1 aliphatic rings. The van der Waals surface area contributed by atoms with E-state index in [4.69, 9.17) is 4.74 Å². The zero-order chi connectivity index (χ0) is 13.4. The Kier molecular flexibility index (Phi) is 3.15. The van der Waals surface area contributed by atoms with Gasteiger partial charge in [-0.05, 0) is 59.9 Å². The van der Waals surface area contributed by atoms with E-state index in [1.54, 1.807) is 0 Å².